The summed E-state index contributed by atoms with van der Waals surface area (Å²) in [7, 11) is -3.99. The number of hydrogen-bond acceptors (Lipinski definition) is 6. The van der Waals surface area contributed by atoms with Crippen molar-refractivity contribution in [2.75, 3.05) is 40.7 Å². The van der Waals surface area contributed by atoms with Crippen molar-refractivity contribution in [3.05, 3.63) is 89.2 Å². The van der Waals surface area contributed by atoms with Crippen LogP contribution < -0.4 is 14.5 Å². The normalized spacial score (nSPS) is 14.1. The first-order valence-electron chi connectivity index (χ1n) is 11.4. The van der Waals surface area contributed by atoms with E-state index in [0.29, 0.717) is 48.6 Å². The van der Waals surface area contributed by atoms with Crippen molar-refractivity contribution in [2.45, 2.75) is 4.90 Å². The zero-order valence-electron chi connectivity index (χ0n) is 19.4. The molecule has 2 N–H and O–H groups in total. The highest BCUT2D eigenvalue weighted by molar-refractivity contribution is 7.92. The number of aromatic carboxylic acids is 1. The van der Waals surface area contributed by atoms with Gasteiger partial charge < -0.3 is 14.9 Å². The van der Waals surface area contributed by atoms with Crippen molar-refractivity contribution in [1.82, 2.24) is 4.98 Å². The largest absolute Gasteiger partial charge is 0.478 e. The minimum Gasteiger partial charge on any atom is -0.478 e. The van der Waals surface area contributed by atoms with E-state index in [1.807, 2.05) is 9.80 Å². The Labute approximate surface area is 218 Å². The Bertz CT molecular complexity index is 1610. The molecule has 0 saturated carbocycles. The molecule has 190 valence electrons. The summed E-state index contributed by atoms with van der Waals surface area (Å²) >= 11 is 6.05. The zero-order chi connectivity index (χ0) is 26.2. The molecule has 0 amide bonds. The highest BCUT2D eigenvalue weighted by Crippen LogP contribution is 2.29. The number of para-hydroxylation sites is 1. The van der Waals surface area contributed by atoms with Gasteiger partial charge in [0.15, 0.2) is 0 Å². The van der Waals surface area contributed by atoms with Crippen LogP contribution in [-0.2, 0) is 10.0 Å². The van der Waals surface area contributed by atoms with E-state index < -0.39 is 16.0 Å². The number of sulfonamides is 1. The van der Waals surface area contributed by atoms with Gasteiger partial charge in [0.05, 0.1) is 21.8 Å². The maximum Gasteiger partial charge on any atom is 0.336 e. The first-order valence-corrected chi connectivity index (χ1v) is 13.3. The zero-order valence-corrected chi connectivity index (χ0v) is 21.0. The second kappa shape index (κ2) is 9.87. The molecule has 2 heterocycles. The van der Waals surface area contributed by atoms with Crippen LogP contribution in [0.4, 0.5) is 21.6 Å². The van der Waals surface area contributed by atoms with Crippen molar-refractivity contribution in [2.24, 2.45) is 0 Å². The molecule has 8 nitrogen and oxygen atoms in total. The Balaban J connectivity index is 1.42. The number of aromatic nitrogens is 1. The van der Waals surface area contributed by atoms with Gasteiger partial charge in [0.1, 0.15) is 16.5 Å². The summed E-state index contributed by atoms with van der Waals surface area (Å²) in [6.07, 6.45) is 0. The Morgan fingerprint density at radius 1 is 0.946 bits per heavy atom. The minimum atomic E-state index is -3.99. The minimum absolute atomic E-state index is 0.00433. The van der Waals surface area contributed by atoms with Crippen LogP contribution in [0.5, 0.6) is 0 Å². The predicted molar refractivity (Wildman–Crippen MR) is 142 cm³/mol. The fourth-order valence-electron chi connectivity index (χ4n) is 4.37. The second-order valence-corrected chi connectivity index (χ2v) is 10.6. The molecule has 1 saturated heterocycles. The van der Waals surface area contributed by atoms with Gasteiger partial charge in [0.25, 0.3) is 10.0 Å². The third kappa shape index (κ3) is 5.03. The lowest BCUT2D eigenvalue weighted by molar-refractivity contribution is 0.0699. The molecule has 37 heavy (non-hydrogen) atoms. The number of piperazine rings is 1. The standard InChI is InChI=1S/C26H22ClFN4O4S/c27-20-5-1-4-8-24(20)37(35,36)30-17-9-10-22-18(15-17)19(26(33)34)16-25(29-22)32-13-11-31(12-14-32)23-7-3-2-6-21(23)28/h1-10,15-16,30H,11-14H2,(H,33,34). The Morgan fingerprint density at radius 2 is 1.62 bits per heavy atom. The topological polar surface area (TPSA) is 103 Å². The van der Waals surface area contributed by atoms with Crippen LogP contribution in [0.3, 0.4) is 0 Å². The van der Waals surface area contributed by atoms with Gasteiger partial charge in [-0.15, -0.1) is 0 Å². The number of rotatable bonds is 6. The molecule has 0 atom stereocenters. The number of carbonyl (C=O) groups is 1. The molecule has 3 aromatic carbocycles. The van der Waals surface area contributed by atoms with E-state index in [0.717, 1.165) is 0 Å². The summed E-state index contributed by atoms with van der Waals surface area (Å²) in [5.74, 6) is -0.957. The highest BCUT2D eigenvalue weighted by atomic mass is 35.5. The van der Waals surface area contributed by atoms with Gasteiger partial charge in [0, 0.05) is 37.3 Å². The molecule has 0 bridgehead atoms. The fourth-order valence-corrected chi connectivity index (χ4v) is 5.94. The van der Waals surface area contributed by atoms with E-state index in [-0.39, 0.29) is 27.0 Å². The first kappa shape index (κ1) is 24.8. The van der Waals surface area contributed by atoms with E-state index in [2.05, 4.69) is 9.71 Å². The average Bonchev–Trinajstić information content (AvgIpc) is 2.88. The van der Waals surface area contributed by atoms with Gasteiger partial charge in [-0.2, -0.15) is 0 Å². The number of pyridine rings is 1. The number of halogens is 2. The number of hydrogen-bond donors (Lipinski definition) is 2. The van der Waals surface area contributed by atoms with Crippen LogP contribution in [0.2, 0.25) is 5.02 Å². The summed E-state index contributed by atoms with van der Waals surface area (Å²) in [4.78, 5) is 20.6. The number of benzene rings is 3. The molecule has 0 spiro atoms. The number of carboxylic acid groups (broad SMARTS) is 1. The fraction of sp³-hybridized carbons (Fsp3) is 0.154. The van der Waals surface area contributed by atoms with Crippen molar-refractivity contribution in [1.29, 1.82) is 0 Å². The number of anilines is 3. The average molecular weight is 541 g/mol. The van der Waals surface area contributed by atoms with Gasteiger partial charge in [-0.25, -0.2) is 22.6 Å². The molecule has 4 aromatic rings. The number of nitrogens with zero attached hydrogens (tertiary/aromatic N) is 3. The lowest BCUT2D eigenvalue weighted by Crippen LogP contribution is -2.47. The van der Waals surface area contributed by atoms with Crippen LogP contribution in [0.15, 0.2) is 77.7 Å². The van der Waals surface area contributed by atoms with E-state index >= 15 is 0 Å². The van der Waals surface area contributed by atoms with Gasteiger partial charge in [-0.1, -0.05) is 35.9 Å². The number of nitrogens with one attached hydrogen (secondary N) is 1. The molecule has 1 aliphatic heterocycles. The van der Waals surface area contributed by atoms with Crippen LogP contribution in [-0.4, -0.2) is 50.7 Å². The lowest BCUT2D eigenvalue weighted by Gasteiger charge is -2.37. The maximum atomic E-state index is 14.2. The molecular weight excluding hydrogens is 519 g/mol. The van der Waals surface area contributed by atoms with Crippen LogP contribution in [0.25, 0.3) is 10.9 Å². The Hall–Kier alpha value is -3.89. The van der Waals surface area contributed by atoms with Gasteiger partial charge >= 0.3 is 5.97 Å². The van der Waals surface area contributed by atoms with Crippen molar-refractivity contribution >= 4 is 55.7 Å². The van der Waals surface area contributed by atoms with E-state index in [9.17, 15) is 22.7 Å². The Kier molecular flexibility index (Phi) is 6.61. The van der Waals surface area contributed by atoms with Crippen LogP contribution >= 0.6 is 11.6 Å². The maximum absolute atomic E-state index is 14.2. The smallest absolute Gasteiger partial charge is 0.336 e. The van der Waals surface area contributed by atoms with Crippen LogP contribution in [0, 0.1) is 5.82 Å². The summed E-state index contributed by atoms with van der Waals surface area (Å²) in [6.45, 7) is 2.15. The SMILES string of the molecule is O=C(O)c1cc(N2CCN(c3ccccc3F)CC2)nc2ccc(NS(=O)(=O)c3ccccc3Cl)cc12. The molecule has 5 rings (SSSR count). The predicted octanol–water partition coefficient (Wildman–Crippen LogP) is 4.85. The molecule has 11 heteroatoms. The summed E-state index contributed by atoms with van der Waals surface area (Å²) < 4.78 is 42.3. The van der Waals surface area contributed by atoms with E-state index in [1.54, 1.807) is 36.4 Å². The third-order valence-electron chi connectivity index (χ3n) is 6.20. The van der Waals surface area contributed by atoms with E-state index in [4.69, 9.17) is 11.6 Å². The number of fused-ring (bicyclic) bond motifs is 1. The molecule has 1 aromatic heterocycles. The first-order chi connectivity index (χ1) is 17.7. The van der Waals surface area contributed by atoms with Crippen LogP contribution in [0.1, 0.15) is 10.4 Å². The van der Waals surface area contributed by atoms with E-state index in [1.165, 1.54) is 36.4 Å². The molecule has 0 unspecified atom stereocenters. The molecule has 1 aliphatic rings. The van der Waals surface area contributed by atoms with Crippen molar-refractivity contribution in [3.63, 3.8) is 0 Å². The van der Waals surface area contributed by atoms with Gasteiger partial charge in [-0.3, -0.25) is 4.72 Å². The highest BCUT2D eigenvalue weighted by Gasteiger charge is 2.23. The van der Waals surface area contributed by atoms with Crippen molar-refractivity contribution < 1.29 is 22.7 Å². The summed E-state index contributed by atoms with van der Waals surface area (Å²) in [5.41, 5.74) is 1.12. The molecule has 0 aliphatic carbocycles. The molecule has 0 radical (unpaired) electrons. The quantitative estimate of drug-likeness (QED) is 0.360. The molecular formula is C26H22ClFN4O4S. The third-order valence-corrected chi connectivity index (χ3v) is 8.08. The lowest BCUT2D eigenvalue weighted by atomic mass is 10.1. The monoisotopic (exact) mass is 540 g/mol. The van der Waals surface area contributed by atoms with Gasteiger partial charge in [-0.05, 0) is 48.5 Å². The summed E-state index contributed by atoms with van der Waals surface area (Å²) in [5, 5.41) is 10.3. The van der Waals surface area contributed by atoms with Crippen molar-refractivity contribution in [3.8, 4) is 0 Å². The second-order valence-electron chi connectivity index (χ2n) is 8.53. The Morgan fingerprint density at radius 3 is 2.32 bits per heavy atom. The molecule has 1 fully saturated rings. The summed E-state index contributed by atoms with van der Waals surface area (Å²) in [6, 6.07) is 18.7. The van der Waals surface area contributed by atoms with Gasteiger partial charge in [0.2, 0.25) is 0 Å². The number of carboxylic acids is 1.